The minimum atomic E-state index is -2.46. The summed E-state index contributed by atoms with van der Waals surface area (Å²) in [7, 11) is 0. The van der Waals surface area contributed by atoms with Gasteiger partial charge in [0.15, 0.2) is 0 Å². The van der Waals surface area contributed by atoms with E-state index in [4.69, 9.17) is 0 Å². The third kappa shape index (κ3) is 33.0. The standard InChI is InChI=1S/C4H8F2.C3H8/c1-3-4(2,5)6;1-3-2/h3H2,1-2H3;3H2,1-2H3. The van der Waals surface area contributed by atoms with Gasteiger partial charge in [-0.25, -0.2) is 8.78 Å². The predicted molar refractivity (Wildman–Crippen MR) is 36.9 cm³/mol. The van der Waals surface area contributed by atoms with Gasteiger partial charge in [0.2, 0.25) is 5.92 Å². The minimum Gasteiger partial charge on any atom is -0.207 e. The Balaban J connectivity index is 0. The molecule has 0 radical (unpaired) electrons. The normalized spacial score (nSPS) is 10.0. The molecule has 0 aliphatic carbocycles. The summed E-state index contributed by atoms with van der Waals surface area (Å²) in [6.07, 6.45) is 1.19. The van der Waals surface area contributed by atoms with Gasteiger partial charge in [0.1, 0.15) is 0 Å². The van der Waals surface area contributed by atoms with Crippen LogP contribution in [-0.2, 0) is 0 Å². The summed E-state index contributed by atoms with van der Waals surface area (Å²) in [5.74, 6) is -2.46. The molecule has 0 aliphatic rings. The van der Waals surface area contributed by atoms with Gasteiger partial charge in [-0.3, -0.25) is 0 Å². The molecule has 0 saturated heterocycles. The van der Waals surface area contributed by atoms with Gasteiger partial charge in [-0.2, -0.15) is 0 Å². The van der Waals surface area contributed by atoms with Crippen molar-refractivity contribution in [1.82, 2.24) is 0 Å². The van der Waals surface area contributed by atoms with E-state index in [1.54, 1.807) is 0 Å². The fraction of sp³-hybridized carbons (Fsp3) is 1.00. The Labute approximate surface area is 56.3 Å². The van der Waals surface area contributed by atoms with Crippen LogP contribution in [0.25, 0.3) is 0 Å². The van der Waals surface area contributed by atoms with E-state index in [2.05, 4.69) is 13.8 Å². The van der Waals surface area contributed by atoms with Crippen LogP contribution in [0.1, 0.15) is 40.5 Å². The first-order chi connectivity index (χ1) is 3.97. The van der Waals surface area contributed by atoms with Gasteiger partial charge in [-0.05, 0) is 6.92 Å². The van der Waals surface area contributed by atoms with Crippen LogP contribution in [0.3, 0.4) is 0 Å². The summed E-state index contributed by atoms with van der Waals surface area (Å²) in [4.78, 5) is 0. The Bertz CT molecular complexity index is 45.4. The van der Waals surface area contributed by atoms with Gasteiger partial charge in [0, 0.05) is 6.42 Å². The number of rotatable bonds is 1. The van der Waals surface area contributed by atoms with E-state index < -0.39 is 5.92 Å². The van der Waals surface area contributed by atoms with Gasteiger partial charge in [-0.15, -0.1) is 0 Å². The second-order valence-corrected chi connectivity index (χ2v) is 2.13. The van der Waals surface area contributed by atoms with E-state index in [0.717, 1.165) is 6.92 Å². The fourth-order valence-corrected chi connectivity index (χ4v) is 0. The van der Waals surface area contributed by atoms with E-state index >= 15 is 0 Å². The third-order valence-electron chi connectivity index (χ3n) is 0.621. The Kier molecular flexibility index (Phi) is 7.74. The summed E-state index contributed by atoms with van der Waals surface area (Å²) < 4.78 is 22.9. The van der Waals surface area contributed by atoms with Gasteiger partial charge >= 0.3 is 0 Å². The number of alkyl halides is 2. The van der Waals surface area contributed by atoms with Crippen molar-refractivity contribution in [3.63, 3.8) is 0 Å². The highest BCUT2D eigenvalue weighted by atomic mass is 19.3. The first-order valence-electron chi connectivity index (χ1n) is 3.35. The van der Waals surface area contributed by atoms with Gasteiger partial charge in [-0.1, -0.05) is 27.2 Å². The van der Waals surface area contributed by atoms with Crippen molar-refractivity contribution >= 4 is 0 Å². The van der Waals surface area contributed by atoms with E-state index in [0.29, 0.717) is 0 Å². The second kappa shape index (κ2) is 5.99. The molecular weight excluding hydrogens is 122 g/mol. The molecule has 9 heavy (non-hydrogen) atoms. The lowest BCUT2D eigenvalue weighted by Crippen LogP contribution is -2.05. The maximum Gasteiger partial charge on any atom is 0.245 e. The Morgan fingerprint density at radius 1 is 1.11 bits per heavy atom. The molecule has 0 spiro atoms. The molecule has 0 aromatic heterocycles. The topological polar surface area (TPSA) is 0 Å². The molecule has 0 heterocycles. The number of halogens is 2. The van der Waals surface area contributed by atoms with Crippen LogP contribution in [0.15, 0.2) is 0 Å². The van der Waals surface area contributed by atoms with Gasteiger partial charge < -0.3 is 0 Å². The monoisotopic (exact) mass is 138 g/mol. The summed E-state index contributed by atoms with van der Waals surface area (Å²) in [5.41, 5.74) is 0. The number of hydrogen-bond donors (Lipinski definition) is 0. The maximum atomic E-state index is 11.5. The highest BCUT2D eigenvalue weighted by Gasteiger charge is 2.15. The highest BCUT2D eigenvalue weighted by molar-refractivity contribution is 4.50. The van der Waals surface area contributed by atoms with Crippen LogP contribution in [0.5, 0.6) is 0 Å². The molecule has 0 bridgehead atoms. The van der Waals surface area contributed by atoms with Crippen molar-refractivity contribution in [3.8, 4) is 0 Å². The molecule has 0 unspecified atom stereocenters. The zero-order valence-corrected chi connectivity index (χ0v) is 6.67. The zero-order valence-electron chi connectivity index (χ0n) is 6.67. The van der Waals surface area contributed by atoms with Crippen LogP contribution in [0.4, 0.5) is 8.78 Å². The van der Waals surface area contributed by atoms with Crippen molar-refractivity contribution in [2.24, 2.45) is 0 Å². The Morgan fingerprint density at radius 3 is 1.22 bits per heavy atom. The van der Waals surface area contributed by atoms with Crippen LogP contribution in [-0.4, -0.2) is 5.92 Å². The molecule has 2 heteroatoms. The zero-order chi connectivity index (χ0) is 7.91. The summed E-state index contributed by atoms with van der Waals surface area (Å²) in [6, 6.07) is 0. The SMILES string of the molecule is CCC.CCC(C)(F)F. The van der Waals surface area contributed by atoms with E-state index in [9.17, 15) is 8.78 Å². The molecule has 0 aromatic rings. The average Bonchev–Trinajstić information content (AvgIpc) is 1.67. The lowest BCUT2D eigenvalue weighted by molar-refractivity contribution is 0.0181. The lowest BCUT2D eigenvalue weighted by Gasteiger charge is -2.02. The number of hydrogen-bond acceptors (Lipinski definition) is 0. The van der Waals surface area contributed by atoms with E-state index in [-0.39, 0.29) is 6.42 Å². The molecule has 0 atom stereocenters. The molecule has 58 valence electrons. The van der Waals surface area contributed by atoms with E-state index in [1.165, 1.54) is 13.3 Å². The lowest BCUT2D eigenvalue weighted by atomic mass is 10.3. The van der Waals surface area contributed by atoms with Gasteiger partial charge in [0.25, 0.3) is 0 Å². The second-order valence-electron chi connectivity index (χ2n) is 2.13. The quantitative estimate of drug-likeness (QED) is 0.520. The molecule has 0 rings (SSSR count). The van der Waals surface area contributed by atoms with Crippen molar-refractivity contribution in [2.75, 3.05) is 0 Å². The largest absolute Gasteiger partial charge is 0.245 e. The van der Waals surface area contributed by atoms with Crippen molar-refractivity contribution < 1.29 is 8.78 Å². The first-order valence-corrected chi connectivity index (χ1v) is 3.35. The van der Waals surface area contributed by atoms with Crippen molar-refractivity contribution in [3.05, 3.63) is 0 Å². The van der Waals surface area contributed by atoms with Crippen LogP contribution in [0.2, 0.25) is 0 Å². The molecule has 0 amide bonds. The molecule has 0 nitrogen and oxygen atoms in total. The summed E-state index contributed by atoms with van der Waals surface area (Å²) in [5, 5.41) is 0. The van der Waals surface area contributed by atoms with Gasteiger partial charge in [0.05, 0.1) is 0 Å². The van der Waals surface area contributed by atoms with E-state index in [1.807, 2.05) is 0 Å². The maximum absolute atomic E-state index is 11.5. The molecular formula is C7H16F2. The third-order valence-corrected chi connectivity index (χ3v) is 0.621. The average molecular weight is 138 g/mol. The minimum absolute atomic E-state index is 0.0625. The van der Waals surface area contributed by atoms with Crippen LogP contribution >= 0.6 is 0 Å². The first kappa shape index (κ1) is 11.6. The van der Waals surface area contributed by atoms with Crippen LogP contribution in [0, 0.1) is 0 Å². The Morgan fingerprint density at radius 2 is 1.22 bits per heavy atom. The molecule has 0 aliphatic heterocycles. The predicted octanol–water partition coefficient (Wildman–Crippen LogP) is 3.47. The van der Waals surface area contributed by atoms with Crippen LogP contribution < -0.4 is 0 Å². The molecule has 0 fully saturated rings. The van der Waals surface area contributed by atoms with Crippen molar-refractivity contribution in [2.45, 2.75) is 46.5 Å². The molecule has 0 saturated carbocycles. The fourth-order valence-electron chi connectivity index (χ4n) is 0. The van der Waals surface area contributed by atoms with Crippen molar-refractivity contribution in [1.29, 1.82) is 0 Å². The highest BCUT2D eigenvalue weighted by Crippen LogP contribution is 2.14. The summed E-state index contributed by atoms with van der Waals surface area (Å²) >= 11 is 0. The Hall–Kier alpha value is -0.140. The molecule has 0 aromatic carbocycles. The summed E-state index contributed by atoms with van der Waals surface area (Å²) in [6.45, 7) is 6.62. The molecule has 0 N–H and O–H groups in total. The smallest absolute Gasteiger partial charge is 0.207 e.